The Hall–Kier alpha value is -3.32. The van der Waals surface area contributed by atoms with E-state index < -0.39 is 46.5 Å². The zero-order valence-electron chi connectivity index (χ0n) is 25.5. The molecule has 1 unspecified atom stereocenters. The van der Waals surface area contributed by atoms with Crippen LogP contribution in [-0.4, -0.2) is 66.9 Å². The van der Waals surface area contributed by atoms with Crippen LogP contribution in [0.15, 0.2) is 71.9 Å². The molecule has 1 fully saturated rings. The number of hydrogen-bond acceptors (Lipinski definition) is 5. The maximum atomic E-state index is 13.5. The fraction of sp³-hybridized carbons (Fsp3) is 0.394. The van der Waals surface area contributed by atoms with Crippen molar-refractivity contribution in [1.82, 2.24) is 9.80 Å². The SMILES string of the molecule is CO/N=C(\CN(C)C(=O)c1cc(C(F)(F)F)cc(C(F)(F)F)c1)C(CCN1CCC(O)(c2ccccc2)CC1)c1ccc(Cl)c(Cl)c1. The number of rotatable bonds is 10. The molecule has 254 valence electrons. The zero-order valence-corrected chi connectivity index (χ0v) is 27.0. The highest BCUT2D eigenvalue weighted by atomic mass is 35.5. The minimum atomic E-state index is -5.11. The van der Waals surface area contributed by atoms with Crippen molar-refractivity contribution >= 4 is 34.8 Å². The predicted octanol–water partition coefficient (Wildman–Crippen LogP) is 8.26. The van der Waals surface area contributed by atoms with Crippen LogP contribution in [0.1, 0.15) is 57.8 Å². The van der Waals surface area contributed by atoms with Crippen LogP contribution in [0, 0.1) is 0 Å². The van der Waals surface area contributed by atoms with Crippen molar-refractivity contribution < 1.29 is 41.1 Å². The molecule has 1 amide bonds. The molecule has 1 atom stereocenters. The summed E-state index contributed by atoms with van der Waals surface area (Å²) < 4.78 is 80.8. The van der Waals surface area contributed by atoms with Gasteiger partial charge in [0.05, 0.1) is 39.0 Å². The standard InChI is InChI=1S/C33H33Cl2F6N3O3/c1-43(30(45)22-16-24(32(36,37)38)19-25(17-22)33(39,40)41)20-29(42-47-2)26(21-8-9-27(34)28(35)18-21)10-13-44-14-11-31(46,12-15-44)23-6-4-3-5-7-23/h3-9,16-19,26,46H,10-15,20H2,1-2H3/b42-29+. The monoisotopic (exact) mass is 703 g/mol. The number of benzene rings is 3. The van der Waals surface area contributed by atoms with Gasteiger partial charge in [0.1, 0.15) is 7.11 Å². The van der Waals surface area contributed by atoms with E-state index in [-0.39, 0.29) is 23.3 Å². The molecule has 0 aromatic heterocycles. The van der Waals surface area contributed by atoms with Gasteiger partial charge in [-0.2, -0.15) is 26.3 Å². The average Bonchev–Trinajstić information content (AvgIpc) is 3.02. The zero-order chi connectivity index (χ0) is 34.6. The highest BCUT2D eigenvalue weighted by molar-refractivity contribution is 6.42. The van der Waals surface area contributed by atoms with Crippen molar-refractivity contribution in [1.29, 1.82) is 0 Å². The molecule has 6 nitrogen and oxygen atoms in total. The van der Waals surface area contributed by atoms with Crippen LogP contribution in [0.2, 0.25) is 10.0 Å². The first-order valence-electron chi connectivity index (χ1n) is 14.6. The molecule has 4 rings (SSSR count). The number of carbonyl (C=O) groups is 1. The molecular formula is C33H33Cl2F6N3O3. The Labute approximate surface area is 278 Å². The van der Waals surface area contributed by atoms with Gasteiger partial charge >= 0.3 is 12.4 Å². The molecule has 3 aromatic carbocycles. The molecule has 14 heteroatoms. The van der Waals surface area contributed by atoms with Gasteiger partial charge < -0.3 is 19.7 Å². The van der Waals surface area contributed by atoms with E-state index in [1.54, 1.807) is 18.2 Å². The quantitative estimate of drug-likeness (QED) is 0.131. The van der Waals surface area contributed by atoms with Crippen molar-refractivity contribution in [2.45, 2.75) is 43.1 Å². The summed E-state index contributed by atoms with van der Waals surface area (Å²) in [5.74, 6) is -1.61. The molecular weight excluding hydrogens is 671 g/mol. The second-order valence-corrected chi connectivity index (χ2v) is 12.3. The topological polar surface area (TPSA) is 65.4 Å². The number of hydrogen-bond donors (Lipinski definition) is 1. The van der Waals surface area contributed by atoms with Gasteiger partial charge in [-0.05, 0) is 67.3 Å². The number of alkyl halides is 6. The van der Waals surface area contributed by atoms with Crippen molar-refractivity contribution in [3.8, 4) is 0 Å². The molecule has 0 saturated carbocycles. The third-order valence-corrected chi connectivity index (χ3v) is 9.00. The normalized spacial score (nSPS) is 16.5. The summed E-state index contributed by atoms with van der Waals surface area (Å²) in [6.07, 6.45) is -8.79. The largest absolute Gasteiger partial charge is 0.416 e. The van der Waals surface area contributed by atoms with Gasteiger partial charge in [0.15, 0.2) is 0 Å². The number of amides is 1. The second kappa shape index (κ2) is 14.8. The fourth-order valence-electron chi connectivity index (χ4n) is 5.68. The number of likely N-dealkylation sites (tertiary alicyclic amines) is 1. The summed E-state index contributed by atoms with van der Waals surface area (Å²) >= 11 is 12.5. The third kappa shape index (κ3) is 9.19. The molecule has 1 N–H and O–H groups in total. The van der Waals surface area contributed by atoms with Crippen LogP contribution in [0.3, 0.4) is 0 Å². The van der Waals surface area contributed by atoms with Gasteiger partial charge in [0.2, 0.25) is 0 Å². The van der Waals surface area contributed by atoms with E-state index in [0.717, 1.165) is 10.5 Å². The molecule has 0 spiro atoms. The molecule has 1 saturated heterocycles. The molecule has 0 radical (unpaired) electrons. The number of piperidine rings is 1. The molecule has 1 heterocycles. The van der Waals surface area contributed by atoms with Crippen molar-refractivity contribution in [2.75, 3.05) is 40.3 Å². The van der Waals surface area contributed by atoms with Gasteiger partial charge in [-0.3, -0.25) is 4.79 Å². The maximum absolute atomic E-state index is 13.5. The lowest BCUT2D eigenvalue weighted by Gasteiger charge is -2.39. The van der Waals surface area contributed by atoms with Crippen LogP contribution >= 0.6 is 23.2 Å². The summed E-state index contributed by atoms with van der Waals surface area (Å²) in [4.78, 5) is 21.6. The third-order valence-electron chi connectivity index (χ3n) is 8.27. The molecule has 47 heavy (non-hydrogen) atoms. The van der Waals surface area contributed by atoms with Crippen LogP contribution in [-0.2, 0) is 22.8 Å². The van der Waals surface area contributed by atoms with E-state index in [2.05, 4.69) is 10.1 Å². The highest BCUT2D eigenvalue weighted by Crippen LogP contribution is 2.37. The highest BCUT2D eigenvalue weighted by Gasteiger charge is 2.38. The first-order valence-corrected chi connectivity index (χ1v) is 15.4. The van der Waals surface area contributed by atoms with Gasteiger partial charge in [0.25, 0.3) is 5.91 Å². The Bertz CT molecular complexity index is 1540. The molecule has 1 aliphatic heterocycles. The lowest BCUT2D eigenvalue weighted by atomic mass is 9.84. The first kappa shape index (κ1) is 36.5. The molecule has 0 bridgehead atoms. The number of oxime groups is 1. The number of nitrogens with zero attached hydrogens (tertiary/aromatic N) is 3. The Morgan fingerprint density at radius 2 is 1.55 bits per heavy atom. The van der Waals surface area contributed by atoms with E-state index in [0.29, 0.717) is 61.6 Å². The fourth-order valence-corrected chi connectivity index (χ4v) is 5.99. The van der Waals surface area contributed by atoms with Gasteiger partial charge in [-0.1, -0.05) is 64.8 Å². The van der Waals surface area contributed by atoms with Crippen LogP contribution in [0.4, 0.5) is 26.3 Å². The second-order valence-electron chi connectivity index (χ2n) is 11.5. The van der Waals surface area contributed by atoms with Crippen LogP contribution < -0.4 is 0 Å². The Balaban J connectivity index is 1.57. The number of aliphatic hydroxyl groups is 1. The molecule has 0 aliphatic carbocycles. The minimum absolute atomic E-state index is 0.0316. The Morgan fingerprint density at radius 3 is 2.09 bits per heavy atom. The van der Waals surface area contributed by atoms with Gasteiger partial charge in [-0.25, -0.2) is 0 Å². The molecule has 3 aromatic rings. The van der Waals surface area contributed by atoms with Crippen LogP contribution in [0.5, 0.6) is 0 Å². The number of halogens is 8. The van der Waals surface area contributed by atoms with Gasteiger partial charge in [0, 0.05) is 31.6 Å². The first-order chi connectivity index (χ1) is 22.0. The van der Waals surface area contributed by atoms with Crippen LogP contribution in [0.25, 0.3) is 0 Å². The predicted molar refractivity (Wildman–Crippen MR) is 168 cm³/mol. The summed E-state index contributed by atoms with van der Waals surface area (Å²) in [7, 11) is 2.53. The maximum Gasteiger partial charge on any atom is 0.416 e. The van der Waals surface area contributed by atoms with E-state index in [4.69, 9.17) is 28.0 Å². The summed E-state index contributed by atoms with van der Waals surface area (Å²) in [6.45, 7) is 1.42. The van der Waals surface area contributed by atoms with Crippen molar-refractivity contribution in [3.63, 3.8) is 0 Å². The lowest BCUT2D eigenvalue weighted by molar-refractivity contribution is -0.143. The lowest BCUT2D eigenvalue weighted by Crippen LogP contribution is -2.43. The van der Waals surface area contributed by atoms with Crippen molar-refractivity contribution in [3.05, 3.63) is 105 Å². The van der Waals surface area contributed by atoms with E-state index >= 15 is 0 Å². The van der Waals surface area contributed by atoms with E-state index in [9.17, 15) is 36.2 Å². The number of carbonyl (C=O) groups excluding carboxylic acids is 1. The Kier molecular flexibility index (Phi) is 11.5. The Morgan fingerprint density at radius 1 is 0.957 bits per heavy atom. The summed E-state index contributed by atoms with van der Waals surface area (Å²) in [6, 6.07) is 15.1. The molecule has 1 aliphatic rings. The van der Waals surface area contributed by atoms with Crippen molar-refractivity contribution in [2.24, 2.45) is 5.16 Å². The summed E-state index contributed by atoms with van der Waals surface area (Å²) in [5, 5.41) is 15.9. The smallest absolute Gasteiger partial charge is 0.399 e. The van der Waals surface area contributed by atoms with E-state index in [1.807, 2.05) is 30.3 Å². The minimum Gasteiger partial charge on any atom is -0.399 e. The van der Waals surface area contributed by atoms with E-state index in [1.165, 1.54) is 14.2 Å². The average molecular weight is 705 g/mol. The van der Waals surface area contributed by atoms with Gasteiger partial charge in [-0.15, -0.1) is 0 Å². The summed E-state index contributed by atoms with van der Waals surface area (Å²) in [5.41, 5.74) is -3.14.